The Morgan fingerprint density at radius 1 is 1.07 bits per heavy atom. The van der Waals surface area contributed by atoms with Gasteiger partial charge in [-0.25, -0.2) is 4.98 Å². The van der Waals surface area contributed by atoms with Gasteiger partial charge in [-0.1, -0.05) is 28.9 Å². The number of rotatable bonds is 3. The van der Waals surface area contributed by atoms with Crippen LogP contribution in [-0.4, -0.2) is 19.2 Å². The highest BCUT2D eigenvalue weighted by molar-refractivity contribution is 9.10. The van der Waals surface area contributed by atoms with Gasteiger partial charge in [-0.3, -0.25) is 0 Å². The fourth-order valence-electron chi connectivity index (χ4n) is 4.01. The molecule has 0 saturated heterocycles. The van der Waals surface area contributed by atoms with Gasteiger partial charge in [0.1, 0.15) is 5.65 Å². The van der Waals surface area contributed by atoms with E-state index in [0.29, 0.717) is 6.04 Å². The molecule has 0 N–H and O–H groups in total. The lowest BCUT2D eigenvalue weighted by atomic mass is 9.99. The molecule has 3 heterocycles. The Hall–Kier alpha value is -2.14. The lowest BCUT2D eigenvalue weighted by molar-refractivity contribution is 0.541. The van der Waals surface area contributed by atoms with Gasteiger partial charge in [-0.2, -0.15) is 9.61 Å². The maximum Gasteiger partial charge on any atom is 0.165 e. The molecule has 0 bridgehead atoms. The third kappa shape index (κ3) is 2.71. The number of nitrogens with zero attached hydrogens (tertiary/aromatic N) is 4. The average molecular weight is 425 g/mol. The molecule has 1 atom stereocenters. The Morgan fingerprint density at radius 2 is 1.81 bits per heavy atom. The second kappa shape index (κ2) is 6.48. The van der Waals surface area contributed by atoms with E-state index in [1.807, 2.05) is 4.52 Å². The van der Waals surface area contributed by atoms with Gasteiger partial charge in [0, 0.05) is 27.7 Å². The van der Waals surface area contributed by atoms with E-state index >= 15 is 0 Å². The summed E-state index contributed by atoms with van der Waals surface area (Å²) in [7, 11) is 0. The van der Waals surface area contributed by atoms with E-state index in [4.69, 9.17) is 10.1 Å². The standard InChI is InChI=1S/C22H25BrN4/c1-7-14(4)26-9-8-17-15(5)24-21-20(16(6)25-27(21)22(17)26)19-13(3)10-12(2)11-18(19)23/h8-11,14H,7H2,1-6H3. The smallest absolute Gasteiger partial charge is 0.165 e. The Labute approximate surface area is 168 Å². The SMILES string of the molecule is CCC(C)n1ccc2c(C)nc3c(-c4c(C)cc(C)cc4Br)c(C)nn3c21. The second-order valence-corrected chi connectivity index (χ2v) is 8.40. The number of hydrogen-bond acceptors (Lipinski definition) is 2. The number of halogens is 1. The predicted molar refractivity (Wildman–Crippen MR) is 116 cm³/mol. The summed E-state index contributed by atoms with van der Waals surface area (Å²) in [6.07, 6.45) is 3.24. The minimum absolute atomic E-state index is 0.410. The van der Waals surface area contributed by atoms with Crippen LogP contribution < -0.4 is 0 Å². The first kappa shape index (κ1) is 18.2. The van der Waals surface area contributed by atoms with E-state index in [0.717, 1.165) is 44.5 Å². The maximum atomic E-state index is 4.97. The fraction of sp³-hybridized carbons (Fsp3) is 0.364. The Morgan fingerprint density at radius 3 is 2.48 bits per heavy atom. The monoisotopic (exact) mass is 424 g/mol. The Kier molecular flexibility index (Phi) is 4.38. The zero-order valence-corrected chi connectivity index (χ0v) is 18.3. The van der Waals surface area contributed by atoms with Crippen molar-refractivity contribution >= 4 is 32.6 Å². The number of hydrogen-bond donors (Lipinski definition) is 0. The first-order valence-corrected chi connectivity index (χ1v) is 10.3. The molecule has 1 unspecified atom stereocenters. The molecule has 0 spiro atoms. The highest BCUT2D eigenvalue weighted by atomic mass is 79.9. The van der Waals surface area contributed by atoms with Crippen LogP contribution in [0.2, 0.25) is 0 Å². The van der Waals surface area contributed by atoms with Crippen molar-refractivity contribution in [1.82, 2.24) is 19.2 Å². The van der Waals surface area contributed by atoms with Crippen molar-refractivity contribution in [3.63, 3.8) is 0 Å². The van der Waals surface area contributed by atoms with E-state index in [2.05, 4.69) is 86.4 Å². The van der Waals surface area contributed by atoms with Gasteiger partial charge < -0.3 is 4.57 Å². The number of aromatic nitrogens is 4. The van der Waals surface area contributed by atoms with Crippen LogP contribution >= 0.6 is 15.9 Å². The van der Waals surface area contributed by atoms with Gasteiger partial charge in [0.2, 0.25) is 0 Å². The third-order valence-corrected chi connectivity index (χ3v) is 6.16. The first-order chi connectivity index (χ1) is 12.8. The molecule has 0 aliphatic rings. The van der Waals surface area contributed by atoms with Crippen LogP contribution in [-0.2, 0) is 0 Å². The molecule has 0 amide bonds. The molecule has 4 aromatic rings. The van der Waals surface area contributed by atoms with Crippen molar-refractivity contribution in [2.45, 2.75) is 54.0 Å². The molecule has 1 aromatic carbocycles. The van der Waals surface area contributed by atoms with E-state index in [1.165, 1.54) is 16.7 Å². The van der Waals surface area contributed by atoms with Crippen LogP contribution in [0.25, 0.3) is 27.8 Å². The topological polar surface area (TPSA) is 35.1 Å². The molecule has 5 heteroatoms. The van der Waals surface area contributed by atoms with E-state index < -0.39 is 0 Å². The van der Waals surface area contributed by atoms with Crippen molar-refractivity contribution in [2.75, 3.05) is 0 Å². The van der Waals surface area contributed by atoms with E-state index in [1.54, 1.807) is 0 Å². The van der Waals surface area contributed by atoms with Crippen LogP contribution in [0.3, 0.4) is 0 Å². The predicted octanol–water partition coefficient (Wildman–Crippen LogP) is 6.32. The van der Waals surface area contributed by atoms with Crippen LogP contribution in [0.5, 0.6) is 0 Å². The number of benzene rings is 1. The third-order valence-electron chi connectivity index (χ3n) is 5.53. The highest BCUT2D eigenvalue weighted by Gasteiger charge is 2.22. The average Bonchev–Trinajstić information content (AvgIpc) is 3.17. The fourth-order valence-corrected chi connectivity index (χ4v) is 4.88. The van der Waals surface area contributed by atoms with E-state index in [-0.39, 0.29) is 0 Å². The normalized spacial score (nSPS) is 13.0. The Balaban J connectivity index is 2.14. The molecule has 3 aromatic heterocycles. The molecular weight excluding hydrogens is 400 g/mol. The van der Waals surface area contributed by atoms with Crippen LogP contribution in [0.4, 0.5) is 0 Å². The van der Waals surface area contributed by atoms with Crippen molar-refractivity contribution in [1.29, 1.82) is 0 Å². The molecule has 0 fully saturated rings. The molecule has 0 saturated carbocycles. The number of fused-ring (bicyclic) bond motifs is 3. The van der Waals surface area contributed by atoms with Crippen LogP contribution in [0, 0.1) is 27.7 Å². The largest absolute Gasteiger partial charge is 0.330 e. The summed E-state index contributed by atoms with van der Waals surface area (Å²) in [6.45, 7) is 12.9. The summed E-state index contributed by atoms with van der Waals surface area (Å²) in [5.41, 5.74) is 8.87. The van der Waals surface area contributed by atoms with Crippen molar-refractivity contribution in [3.05, 3.63) is 51.4 Å². The quantitative estimate of drug-likeness (QED) is 0.385. The van der Waals surface area contributed by atoms with Gasteiger partial charge >= 0.3 is 0 Å². The molecular formula is C22H25BrN4. The van der Waals surface area contributed by atoms with Gasteiger partial charge in [0.25, 0.3) is 0 Å². The molecule has 0 aliphatic heterocycles. The summed E-state index contributed by atoms with van der Waals surface area (Å²) < 4.78 is 5.45. The van der Waals surface area contributed by atoms with Crippen LogP contribution in [0.1, 0.15) is 48.8 Å². The van der Waals surface area contributed by atoms with Crippen molar-refractivity contribution < 1.29 is 0 Å². The van der Waals surface area contributed by atoms with Gasteiger partial charge in [0.15, 0.2) is 5.65 Å². The van der Waals surface area contributed by atoms with Crippen molar-refractivity contribution in [3.8, 4) is 11.1 Å². The number of aryl methyl sites for hydroxylation is 4. The molecule has 4 nitrogen and oxygen atoms in total. The Bertz CT molecular complexity index is 1160. The zero-order chi connectivity index (χ0) is 19.5. The maximum absolute atomic E-state index is 4.97. The summed E-state index contributed by atoms with van der Waals surface area (Å²) in [4.78, 5) is 4.97. The summed E-state index contributed by atoms with van der Waals surface area (Å²) in [5, 5.41) is 6.09. The first-order valence-electron chi connectivity index (χ1n) is 9.47. The van der Waals surface area contributed by atoms with Gasteiger partial charge in [-0.05, 0) is 64.3 Å². The molecule has 0 aliphatic carbocycles. The van der Waals surface area contributed by atoms with Crippen molar-refractivity contribution in [2.24, 2.45) is 0 Å². The lowest BCUT2D eigenvalue weighted by Crippen LogP contribution is -2.07. The minimum Gasteiger partial charge on any atom is -0.330 e. The summed E-state index contributed by atoms with van der Waals surface area (Å²) >= 11 is 3.78. The molecule has 4 rings (SSSR count). The van der Waals surface area contributed by atoms with Gasteiger partial charge in [-0.15, -0.1) is 0 Å². The molecule has 27 heavy (non-hydrogen) atoms. The molecule has 0 radical (unpaired) electrons. The zero-order valence-electron chi connectivity index (χ0n) is 16.8. The van der Waals surface area contributed by atoms with E-state index in [9.17, 15) is 0 Å². The van der Waals surface area contributed by atoms with Crippen LogP contribution in [0.15, 0.2) is 28.9 Å². The lowest BCUT2D eigenvalue weighted by Gasteiger charge is -2.14. The molecule has 140 valence electrons. The highest BCUT2D eigenvalue weighted by Crippen LogP contribution is 2.38. The van der Waals surface area contributed by atoms with Gasteiger partial charge in [0.05, 0.1) is 17.0 Å². The summed E-state index contributed by atoms with van der Waals surface area (Å²) in [6, 6.07) is 6.95. The minimum atomic E-state index is 0.410. The summed E-state index contributed by atoms with van der Waals surface area (Å²) in [5.74, 6) is 0. The second-order valence-electron chi connectivity index (χ2n) is 7.55.